The van der Waals surface area contributed by atoms with Gasteiger partial charge in [-0.05, 0) is 36.6 Å². The van der Waals surface area contributed by atoms with Crippen molar-refractivity contribution in [2.75, 3.05) is 13.1 Å². The molecule has 0 aliphatic carbocycles. The van der Waals surface area contributed by atoms with Gasteiger partial charge in [-0.2, -0.15) is 0 Å². The number of aliphatic hydroxyl groups excluding tert-OH is 1. The molecule has 0 aliphatic rings. The number of unbranched alkanes of at least 4 members (excludes halogenated alkanes) is 3. The molecule has 0 heterocycles. The predicted molar refractivity (Wildman–Crippen MR) is 89.9 cm³/mol. The Kier molecular flexibility index (Phi) is 9.16. The minimum Gasteiger partial charge on any atom is -0.387 e. The second-order valence-corrected chi connectivity index (χ2v) is 6.79. The molecule has 1 aromatic rings. The highest BCUT2D eigenvalue weighted by Crippen LogP contribution is 2.17. The van der Waals surface area contributed by atoms with Crippen LogP contribution >= 0.6 is 15.9 Å². The molecular formula is C17H28BrNO. The Labute approximate surface area is 132 Å². The lowest BCUT2D eigenvalue weighted by atomic mass is 10.0. The normalized spacial score (nSPS) is 12.8. The molecule has 2 N–H and O–H groups in total. The van der Waals surface area contributed by atoms with Crippen LogP contribution in [0.1, 0.15) is 57.6 Å². The number of hydrogen-bond donors (Lipinski definition) is 2. The number of nitrogens with one attached hydrogen (secondary N) is 1. The summed E-state index contributed by atoms with van der Waals surface area (Å²) in [7, 11) is 0. The van der Waals surface area contributed by atoms with Crippen LogP contribution in [0.3, 0.4) is 0 Å². The van der Waals surface area contributed by atoms with Gasteiger partial charge in [-0.3, -0.25) is 0 Å². The number of halogens is 1. The molecule has 0 spiro atoms. The molecule has 1 aromatic carbocycles. The summed E-state index contributed by atoms with van der Waals surface area (Å²) >= 11 is 3.43. The van der Waals surface area contributed by atoms with Crippen molar-refractivity contribution in [3.8, 4) is 0 Å². The van der Waals surface area contributed by atoms with E-state index in [1.807, 2.05) is 24.3 Å². The SMILES string of the molecule is CC(C)CCCCCCNCC(O)c1cccc(Br)c1. The van der Waals surface area contributed by atoms with Crippen LogP contribution in [-0.4, -0.2) is 18.2 Å². The van der Waals surface area contributed by atoms with E-state index in [2.05, 4.69) is 35.1 Å². The Morgan fingerprint density at radius 1 is 1.15 bits per heavy atom. The number of hydrogen-bond acceptors (Lipinski definition) is 2. The number of rotatable bonds is 10. The van der Waals surface area contributed by atoms with E-state index in [0.717, 1.165) is 22.5 Å². The van der Waals surface area contributed by atoms with E-state index >= 15 is 0 Å². The highest BCUT2D eigenvalue weighted by molar-refractivity contribution is 9.10. The van der Waals surface area contributed by atoms with Gasteiger partial charge in [-0.15, -0.1) is 0 Å². The third-order valence-electron chi connectivity index (χ3n) is 3.46. The van der Waals surface area contributed by atoms with Gasteiger partial charge < -0.3 is 10.4 Å². The summed E-state index contributed by atoms with van der Waals surface area (Å²) in [4.78, 5) is 0. The van der Waals surface area contributed by atoms with Crippen LogP contribution in [0.15, 0.2) is 28.7 Å². The summed E-state index contributed by atoms with van der Waals surface area (Å²) in [5.74, 6) is 0.827. The van der Waals surface area contributed by atoms with Gasteiger partial charge in [0.05, 0.1) is 6.10 Å². The zero-order valence-corrected chi connectivity index (χ0v) is 14.3. The lowest BCUT2D eigenvalue weighted by Crippen LogP contribution is -2.22. The van der Waals surface area contributed by atoms with Gasteiger partial charge in [-0.1, -0.05) is 67.6 Å². The summed E-state index contributed by atoms with van der Waals surface area (Å²) in [6.45, 7) is 6.19. The largest absolute Gasteiger partial charge is 0.387 e. The fourth-order valence-corrected chi connectivity index (χ4v) is 2.64. The molecule has 0 bridgehead atoms. The van der Waals surface area contributed by atoms with E-state index in [1.165, 1.54) is 32.1 Å². The molecule has 0 saturated carbocycles. The van der Waals surface area contributed by atoms with Crippen LogP contribution in [0.4, 0.5) is 0 Å². The average Bonchev–Trinajstić information content (AvgIpc) is 2.41. The van der Waals surface area contributed by atoms with Crippen molar-refractivity contribution in [2.45, 2.75) is 52.1 Å². The molecule has 0 saturated heterocycles. The Morgan fingerprint density at radius 2 is 1.90 bits per heavy atom. The van der Waals surface area contributed by atoms with Gasteiger partial charge in [0.15, 0.2) is 0 Å². The van der Waals surface area contributed by atoms with Crippen molar-refractivity contribution in [3.63, 3.8) is 0 Å². The minimum atomic E-state index is -0.423. The molecule has 2 nitrogen and oxygen atoms in total. The van der Waals surface area contributed by atoms with Crippen LogP contribution in [0.2, 0.25) is 0 Å². The van der Waals surface area contributed by atoms with Crippen molar-refractivity contribution < 1.29 is 5.11 Å². The fraction of sp³-hybridized carbons (Fsp3) is 0.647. The Bertz CT molecular complexity index is 368. The van der Waals surface area contributed by atoms with Crippen molar-refractivity contribution in [1.82, 2.24) is 5.32 Å². The maximum absolute atomic E-state index is 10.1. The smallest absolute Gasteiger partial charge is 0.0914 e. The third kappa shape index (κ3) is 8.03. The van der Waals surface area contributed by atoms with Gasteiger partial charge in [0, 0.05) is 11.0 Å². The van der Waals surface area contributed by atoms with Gasteiger partial charge in [-0.25, -0.2) is 0 Å². The van der Waals surface area contributed by atoms with Crippen LogP contribution in [-0.2, 0) is 0 Å². The maximum Gasteiger partial charge on any atom is 0.0914 e. The summed E-state index contributed by atoms with van der Waals surface area (Å²) < 4.78 is 1.01. The Morgan fingerprint density at radius 3 is 2.60 bits per heavy atom. The quantitative estimate of drug-likeness (QED) is 0.605. The highest BCUT2D eigenvalue weighted by Gasteiger charge is 2.06. The first-order valence-electron chi connectivity index (χ1n) is 7.74. The molecule has 1 atom stereocenters. The zero-order chi connectivity index (χ0) is 14.8. The van der Waals surface area contributed by atoms with Crippen LogP contribution in [0.25, 0.3) is 0 Å². The van der Waals surface area contributed by atoms with Crippen LogP contribution in [0, 0.1) is 5.92 Å². The van der Waals surface area contributed by atoms with Gasteiger partial charge in [0.2, 0.25) is 0 Å². The van der Waals surface area contributed by atoms with Crippen molar-refractivity contribution in [3.05, 3.63) is 34.3 Å². The molecular weight excluding hydrogens is 314 g/mol. The second-order valence-electron chi connectivity index (χ2n) is 5.87. The first-order chi connectivity index (χ1) is 9.59. The molecule has 20 heavy (non-hydrogen) atoms. The fourth-order valence-electron chi connectivity index (χ4n) is 2.23. The predicted octanol–water partition coefficient (Wildman–Crippen LogP) is 4.68. The zero-order valence-electron chi connectivity index (χ0n) is 12.7. The third-order valence-corrected chi connectivity index (χ3v) is 3.95. The minimum absolute atomic E-state index is 0.423. The second kappa shape index (κ2) is 10.4. The topological polar surface area (TPSA) is 32.3 Å². The summed E-state index contributed by atoms with van der Waals surface area (Å²) in [6.07, 6.45) is 6.07. The number of aliphatic hydroxyl groups is 1. The van der Waals surface area contributed by atoms with E-state index in [0.29, 0.717) is 6.54 Å². The monoisotopic (exact) mass is 341 g/mol. The van der Waals surface area contributed by atoms with E-state index < -0.39 is 6.10 Å². The number of benzene rings is 1. The molecule has 0 amide bonds. The standard InChI is InChI=1S/C17H28BrNO/c1-14(2)8-5-3-4-6-11-19-13-17(20)15-9-7-10-16(18)12-15/h7,9-10,12,14,17,19-20H,3-6,8,11,13H2,1-2H3. The van der Waals surface area contributed by atoms with Gasteiger partial charge in [0.25, 0.3) is 0 Å². The van der Waals surface area contributed by atoms with Crippen molar-refractivity contribution in [1.29, 1.82) is 0 Å². The molecule has 114 valence electrons. The van der Waals surface area contributed by atoms with Crippen molar-refractivity contribution in [2.24, 2.45) is 5.92 Å². The first-order valence-corrected chi connectivity index (χ1v) is 8.53. The van der Waals surface area contributed by atoms with E-state index in [1.54, 1.807) is 0 Å². The Balaban J connectivity index is 2.04. The molecule has 0 aromatic heterocycles. The average molecular weight is 342 g/mol. The molecule has 0 fully saturated rings. The Hall–Kier alpha value is -0.380. The van der Waals surface area contributed by atoms with Crippen molar-refractivity contribution >= 4 is 15.9 Å². The van der Waals surface area contributed by atoms with E-state index in [9.17, 15) is 5.11 Å². The maximum atomic E-state index is 10.1. The summed E-state index contributed by atoms with van der Waals surface area (Å²) in [5.41, 5.74) is 0.962. The molecule has 1 unspecified atom stereocenters. The van der Waals surface area contributed by atoms with Crippen LogP contribution < -0.4 is 5.32 Å². The van der Waals surface area contributed by atoms with Gasteiger partial charge >= 0.3 is 0 Å². The highest BCUT2D eigenvalue weighted by atomic mass is 79.9. The first kappa shape index (κ1) is 17.7. The summed E-state index contributed by atoms with van der Waals surface area (Å²) in [6, 6.07) is 7.86. The molecule has 1 rings (SSSR count). The van der Waals surface area contributed by atoms with E-state index in [4.69, 9.17) is 0 Å². The summed E-state index contributed by atoms with van der Waals surface area (Å²) in [5, 5.41) is 13.4. The molecule has 0 radical (unpaired) electrons. The molecule has 0 aliphatic heterocycles. The lowest BCUT2D eigenvalue weighted by Gasteiger charge is -2.12. The van der Waals surface area contributed by atoms with Gasteiger partial charge in [0.1, 0.15) is 0 Å². The lowest BCUT2D eigenvalue weighted by molar-refractivity contribution is 0.174. The van der Waals surface area contributed by atoms with Crippen LogP contribution in [0.5, 0.6) is 0 Å². The molecule has 3 heteroatoms. The van der Waals surface area contributed by atoms with E-state index in [-0.39, 0.29) is 0 Å².